The van der Waals surface area contributed by atoms with Gasteiger partial charge in [-0.05, 0) is 19.5 Å². The molecule has 0 aliphatic carbocycles. The van der Waals surface area contributed by atoms with Gasteiger partial charge in [-0.2, -0.15) is 12.6 Å². The lowest BCUT2D eigenvalue weighted by atomic mass is 10.2. The van der Waals surface area contributed by atoms with Crippen LogP contribution in [0.1, 0.15) is 12.2 Å². The molecule has 1 aromatic heterocycles. The fraction of sp³-hybridized carbons (Fsp3) is 0.500. The molecule has 2 rings (SSSR count). The smallest absolute Gasteiger partial charge is 0.159 e. The molecule has 0 amide bonds. The topological polar surface area (TPSA) is 29.3 Å². The molecular formula is C10H14N2OS. The van der Waals surface area contributed by atoms with Crippen LogP contribution in [0.15, 0.2) is 22.9 Å². The van der Waals surface area contributed by atoms with Gasteiger partial charge in [0.1, 0.15) is 0 Å². The van der Waals surface area contributed by atoms with Crippen LogP contribution >= 0.6 is 12.6 Å². The van der Waals surface area contributed by atoms with Crippen molar-refractivity contribution in [2.75, 3.05) is 13.6 Å². The van der Waals surface area contributed by atoms with Crippen LogP contribution in [0.2, 0.25) is 0 Å². The molecule has 3 nitrogen and oxygen atoms in total. The van der Waals surface area contributed by atoms with E-state index < -0.39 is 0 Å². The Labute approximate surface area is 89.2 Å². The Bertz CT molecular complexity index is 310. The van der Waals surface area contributed by atoms with Crippen LogP contribution in [-0.4, -0.2) is 34.9 Å². The van der Waals surface area contributed by atoms with E-state index in [4.69, 9.17) is 4.52 Å². The van der Waals surface area contributed by atoms with Crippen molar-refractivity contribution in [1.29, 1.82) is 0 Å². The Morgan fingerprint density at radius 2 is 2.57 bits per heavy atom. The highest BCUT2D eigenvalue weighted by atomic mass is 32.1. The SMILES string of the molecule is CN1C[C@@H](S)C[C@H]1/C=C/c1ccno1. The molecule has 0 unspecified atom stereocenters. The molecule has 1 aliphatic rings. The first-order chi connectivity index (χ1) is 6.75. The van der Waals surface area contributed by atoms with Crippen LogP contribution in [0.4, 0.5) is 0 Å². The van der Waals surface area contributed by atoms with E-state index in [2.05, 4.69) is 35.8 Å². The summed E-state index contributed by atoms with van der Waals surface area (Å²) in [6, 6.07) is 2.33. The van der Waals surface area contributed by atoms with E-state index in [9.17, 15) is 0 Å². The Balaban J connectivity index is 1.97. The molecule has 2 atom stereocenters. The minimum Gasteiger partial charge on any atom is -0.357 e. The third kappa shape index (κ3) is 2.19. The number of likely N-dealkylation sites (tertiary alicyclic amines) is 1. The highest BCUT2D eigenvalue weighted by molar-refractivity contribution is 7.81. The van der Waals surface area contributed by atoms with Crippen molar-refractivity contribution in [3.63, 3.8) is 0 Å². The monoisotopic (exact) mass is 210 g/mol. The van der Waals surface area contributed by atoms with Gasteiger partial charge in [0, 0.05) is 23.9 Å². The predicted molar refractivity (Wildman–Crippen MR) is 59.3 cm³/mol. The highest BCUT2D eigenvalue weighted by Crippen LogP contribution is 2.21. The molecule has 0 saturated carbocycles. The van der Waals surface area contributed by atoms with Gasteiger partial charge >= 0.3 is 0 Å². The van der Waals surface area contributed by atoms with Crippen LogP contribution < -0.4 is 0 Å². The van der Waals surface area contributed by atoms with Crippen LogP contribution in [0.3, 0.4) is 0 Å². The second-order valence-electron chi connectivity index (χ2n) is 3.67. The first-order valence-electron chi connectivity index (χ1n) is 4.73. The maximum absolute atomic E-state index is 4.98. The summed E-state index contributed by atoms with van der Waals surface area (Å²) >= 11 is 4.47. The number of hydrogen-bond donors (Lipinski definition) is 1. The average Bonchev–Trinajstić information content (AvgIpc) is 2.72. The molecule has 1 aliphatic heterocycles. The summed E-state index contributed by atoms with van der Waals surface area (Å²) in [4.78, 5) is 2.30. The molecule has 1 aromatic rings. The van der Waals surface area contributed by atoms with Gasteiger partial charge in [0.05, 0.1) is 6.20 Å². The number of thiol groups is 1. The van der Waals surface area contributed by atoms with Gasteiger partial charge in [-0.25, -0.2) is 0 Å². The number of likely N-dealkylation sites (N-methyl/N-ethyl adjacent to an activating group) is 1. The second-order valence-corrected chi connectivity index (χ2v) is 4.40. The minimum absolute atomic E-state index is 0.475. The van der Waals surface area contributed by atoms with Crippen molar-refractivity contribution in [3.05, 3.63) is 24.1 Å². The maximum Gasteiger partial charge on any atom is 0.159 e. The molecule has 0 spiro atoms. The molecule has 4 heteroatoms. The van der Waals surface area contributed by atoms with E-state index in [1.807, 2.05) is 12.1 Å². The Hall–Kier alpha value is -0.740. The normalized spacial score (nSPS) is 29.0. The summed E-state index contributed by atoms with van der Waals surface area (Å²) in [5.74, 6) is 0.806. The lowest BCUT2D eigenvalue weighted by molar-refractivity contribution is 0.358. The van der Waals surface area contributed by atoms with Crippen LogP contribution in [0.5, 0.6) is 0 Å². The van der Waals surface area contributed by atoms with E-state index in [1.165, 1.54) is 0 Å². The zero-order valence-electron chi connectivity index (χ0n) is 8.13. The third-order valence-electron chi connectivity index (χ3n) is 2.52. The van der Waals surface area contributed by atoms with Crippen molar-refractivity contribution in [2.45, 2.75) is 17.7 Å². The van der Waals surface area contributed by atoms with Gasteiger partial charge in [-0.15, -0.1) is 0 Å². The number of nitrogens with zero attached hydrogens (tertiary/aromatic N) is 2. The van der Waals surface area contributed by atoms with Crippen LogP contribution in [-0.2, 0) is 0 Å². The summed E-state index contributed by atoms with van der Waals surface area (Å²) in [7, 11) is 2.12. The predicted octanol–water partition coefficient (Wildman–Crippen LogP) is 1.69. The molecule has 0 radical (unpaired) electrons. The summed E-state index contributed by atoms with van der Waals surface area (Å²) in [5, 5.41) is 4.14. The highest BCUT2D eigenvalue weighted by Gasteiger charge is 2.24. The quantitative estimate of drug-likeness (QED) is 0.753. The van der Waals surface area contributed by atoms with Gasteiger partial charge in [-0.3, -0.25) is 4.90 Å². The van der Waals surface area contributed by atoms with Crippen LogP contribution in [0, 0.1) is 0 Å². The Morgan fingerprint density at radius 1 is 1.71 bits per heavy atom. The molecule has 2 heterocycles. The van der Waals surface area contributed by atoms with Gasteiger partial charge < -0.3 is 4.52 Å². The van der Waals surface area contributed by atoms with E-state index >= 15 is 0 Å². The van der Waals surface area contributed by atoms with Gasteiger partial charge in [0.15, 0.2) is 5.76 Å². The largest absolute Gasteiger partial charge is 0.357 e. The van der Waals surface area contributed by atoms with Gasteiger partial charge in [0.25, 0.3) is 0 Å². The Morgan fingerprint density at radius 3 is 3.14 bits per heavy atom. The molecular weight excluding hydrogens is 196 g/mol. The second kappa shape index (κ2) is 4.19. The first-order valence-corrected chi connectivity index (χ1v) is 5.24. The van der Waals surface area contributed by atoms with Crippen molar-refractivity contribution in [3.8, 4) is 0 Å². The van der Waals surface area contributed by atoms with E-state index in [0.717, 1.165) is 18.7 Å². The molecule has 0 bridgehead atoms. The van der Waals surface area contributed by atoms with Crippen molar-refractivity contribution in [2.24, 2.45) is 0 Å². The molecule has 76 valence electrons. The summed E-state index contributed by atoms with van der Waals surface area (Å²) in [6.07, 6.45) is 6.88. The standard InChI is InChI=1S/C10H14N2OS/c1-12-7-10(14)6-8(12)2-3-9-4-5-11-13-9/h2-5,8,10,14H,6-7H2,1H3/b3-2+/t8-,10+/m1/s1. The van der Waals surface area contributed by atoms with E-state index in [1.54, 1.807) is 6.20 Å². The van der Waals surface area contributed by atoms with E-state index in [0.29, 0.717) is 11.3 Å². The summed E-state index contributed by atoms with van der Waals surface area (Å²) in [6.45, 7) is 1.05. The van der Waals surface area contributed by atoms with Crippen LogP contribution in [0.25, 0.3) is 6.08 Å². The zero-order valence-corrected chi connectivity index (χ0v) is 9.02. The maximum atomic E-state index is 4.98. The fourth-order valence-corrected chi connectivity index (χ4v) is 2.22. The van der Waals surface area contributed by atoms with Gasteiger partial charge in [0.2, 0.25) is 0 Å². The zero-order chi connectivity index (χ0) is 9.97. The van der Waals surface area contributed by atoms with E-state index in [-0.39, 0.29) is 0 Å². The van der Waals surface area contributed by atoms with Gasteiger partial charge in [-0.1, -0.05) is 11.2 Å². The molecule has 0 aromatic carbocycles. The molecule has 14 heavy (non-hydrogen) atoms. The summed E-state index contributed by atoms with van der Waals surface area (Å²) in [5.41, 5.74) is 0. The molecule has 1 saturated heterocycles. The summed E-state index contributed by atoms with van der Waals surface area (Å²) < 4.78 is 4.98. The Kier molecular flexibility index (Phi) is 2.93. The lowest BCUT2D eigenvalue weighted by Gasteiger charge is -2.14. The third-order valence-corrected chi connectivity index (χ3v) is 2.89. The minimum atomic E-state index is 0.475. The van der Waals surface area contributed by atoms with Crippen molar-refractivity contribution >= 4 is 18.7 Å². The number of aromatic nitrogens is 1. The lowest BCUT2D eigenvalue weighted by Crippen LogP contribution is -2.22. The molecule has 1 fully saturated rings. The number of rotatable bonds is 2. The fourth-order valence-electron chi connectivity index (χ4n) is 1.74. The van der Waals surface area contributed by atoms with Crippen molar-refractivity contribution in [1.82, 2.24) is 10.1 Å². The first kappa shape index (κ1) is 9.80. The average molecular weight is 210 g/mol. The number of hydrogen-bond acceptors (Lipinski definition) is 4. The van der Waals surface area contributed by atoms with Crippen molar-refractivity contribution < 1.29 is 4.52 Å². The molecule has 0 N–H and O–H groups in total.